The van der Waals surface area contributed by atoms with Gasteiger partial charge in [0.2, 0.25) is 0 Å². The second-order valence-electron chi connectivity index (χ2n) is 4.49. The molecule has 0 unspecified atom stereocenters. The summed E-state index contributed by atoms with van der Waals surface area (Å²) in [7, 11) is 0. The summed E-state index contributed by atoms with van der Waals surface area (Å²) in [6.45, 7) is 0. The predicted molar refractivity (Wildman–Crippen MR) is 70.1 cm³/mol. The molecule has 6 nitrogen and oxygen atoms in total. The molecule has 100 valence electrons. The van der Waals surface area contributed by atoms with E-state index in [1.807, 2.05) is 0 Å². The highest BCUT2D eigenvalue weighted by atomic mass is 32.1. The Hall–Kier alpha value is -1.73. The lowest BCUT2D eigenvalue weighted by Crippen LogP contribution is -2.33. The van der Waals surface area contributed by atoms with Crippen LogP contribution in [0.3, 0.4) is 0 Å². The van der Waals surface area contributed by atoms with Crippen LogP contribution in [0.1, 0.15) is 36.0 Å². The largest absolute Gasteiger partial charge is 0.282 e. The Morgan fingerprint density at radius 1 is 1.47 bits per heavy atom. The maximum Gasteiger partial charge on any atom is 0.282 e. The molecule has 0 saturated heterocycles. The molecule has 0 radical (unpaired) electrons. The Labute approximate surface area is 113 Å². The van der Waals surface area contributed by atoms with Crippen molar-refractivity contribution in [1.82, 2.24) is 14.9 Å². The third-order valence-electron chi connectivity index (χ3n) is 3.21. The van der Waals surface area contributed by atoms with Gasteiger partial charge in [0, 0.05) is 17.8 Å². The van der Waals surface area contributed by atoms with Crippen LogP contribution in [0.15, 0.2) is 22.6 Å². The third-order valence-corrected chi connectivity index (χ3v) is 3.98. The summed E-state index contributed by atoms with van der Waals surface area (Å²) < 4.78 is 1.36. The standard InChI is InChI=1S/C12H13N3O3S/c16-10(14-18-8-3-1-2-4-8)9-7-13-12-15(11(9)17)5-6-19-12/h5-8H,1-4H2,(H,14,16). The molecular formula is C12H13N3O3S. The number of hydrogen-bond acceptors (Lipinski definition) is 5. The number of carbonyl (C=O) groups excluding carboxylic acids is 1. The molecule has 1 saturated carbocycles. The zero-order chi connectivity index (χ0) is 13.2. The van der Waals surface area contributed by atoms with E-state index in [2.05, 4.69) is 10.5 Å². The highest BCUT2D eigenvalue weighted by molar-refractivity contribution is 7.15. The highest BCUT2D eigenvalue weighted by Gasteiger charge is 2.19. The molecule has 19 heavy (non-hydrogen) atoms. The van der Waals surface area contributed by atoms with Gasteiger partial charge in [0.1, 0.15) is 5.56 Å². The summed E-state index contributed by atoms with van der Waals surface area (Å²) >= 11 is 1.34. The van der Waals surface area contributed by atoms with Gasteiger partial charge in [-0.3, -0.25) is 18.8 Å². The van der Waals surface area contributed by atoms with Crippen LogP contribution in [-0.2, 0) is 4.84 Å². The van der Waals surface area contributed by atoms with Crippen LogP contribution in [0.4, 0.5) is 0 Å². The van der Waals surface area contributed by atoms with E-state index in [1.165, 1.54) is 21.9 Å². The lowest BCUT2D eigenvalue weighted by molar-refractivity contribution is -0.0126. The van der Waals surface area contributed by atoms with Crippen LogP contribution in [0.2, 0.25) is 0 Å². The van der Waals surface area contributed by atoms with E-state index in [1.54, 1.807) is 11.6 Å². The van der Waals surface area contributed by atoms with E-state index in [4.69, 9.17) is 4.84 Å². The third kappa shape index (κ3) is 2.39. The van der Waals surface area contributed by atoms with Crippen LogP contribution in [0, 0.1) is 0 Å². The second kappa shape index (κ2) is 5.10. The summed E-state index contributed by atoms with van der Waals surface area (Å²) in [6, 6.07) is 0. The Bertz CT molecular complexity index is 658. The molecule has 1 aliphatic carbocycles. The molecule has 0 aliphatic heterocycles. The number of hydroxylamine groups is 1. The Balaban J connectivity index is 1.77. The number of amides is 1. The number of hydrogen-bond donors (Lipinski definition) is 1. The summed E-state index contributed by atoms with van der Waals surface area (Å²) in [5.41, 5.74) is 1.97. The monoisotopic (exact) mass is 279 g/mol. The predicted octanol–water partition coefficient (Wildman–Crippen LogP) is 1.36. The fourth-order valence-electron chi connectivity index (χ4n) is 2.18. The summed E-state index contributed by atoms with van der Waals surface area (Å²) in [5.74, 6) is -0.537. The van der Waals surface area contributed by atoms with Crippen molar-refractivity contribution in [3.05, 3.63) is 33.7 Å². The quantitative estimate of drug-likeness (QED) is 0.861. The first-order valence-electron chi connectivity index (χ1n) is 6.16. The van der Waals surface area contributed by atoms with Gasteiger partial charge < -0.3 is 0 Å². The molecule has 1 amide bonds. The number of rotatable bonds is 3. The van der Waals surface area contributed by atoms with Gasteiger partial charge in [0.15, 0.2) is 4.96 Å². The van der Waals surface area contributed by atoms with E-state index < -0.39 is 5.91 Å². The average Bonchev–Trinajstić information content (AvgIpc) is 3.07. The smallest absolute Gasteiger partial charge is 0.270 e. The minimum Gasteiger partial charge on any atom is -0.270 e. The van der Waals surface area contributed by atoms with Gasteiger partial charge in [0.05, 0.1) is 6.10 Å². The minimum atomic E-state index is -0.537. The lowest BCUT2D eigenvalue weighted by atomic mass is 10.3. The van der Waals surface area contributed by atoms with Crippen molar-refractivity contribution < 1.29 is 9.63 Å². The summed E-state index contributed by atoms with van der Waals surface area (Å²) in [5, 5.41) is 1.75. The number of thiazole rings is 1. The van der Waals surface area contributed by atoms with Crippen LogP contribution < -0.4 is 11.0 Å². The highest BCUT2D eigenvalue weighted by Crippen LogP contribution is 2.19. The summed E-state index contributed by atoms with van der Waals surface area (Å²) in [6.07, 6.45) is 7.08. The SMILES string of the molecule is O=C(NOC1CCCC1)c1cnc2sccn2c1=O. The Morgan fingerprint density at radius 2 is 2.26 bits per heavy atom. The second-order valence-corrected chi connectivity index (χ2v) is 5.36. The molecule has 2 heterocycles. The van der Waals surface area contributed by atoms with Crippen molar-refractivity contribution in [3.63, 3.8) is 0 Å². The first-order chi connectivity index (χ1) is 9.25. The Morgan fingerprint density at radius 3 is 3.05 bits per heavy atom. The number of carbonyl (C=O) groups is 1. The number of fused-ring (bicyclic) bond motifs is 1. The fraction of sp³-hybridized carbons (Fsp3) is 0.417. The molecule has 2 aromatic heterocycles. The molecule has 0 aromatic carbocycles. The maximum atomic E-state index is 12.0. The average molecular weight is 279 g/mol. The van der Waals surface area contributed by atoms with Gasteiger partial charge in [0.25, 0.3) is 11.5 Å². The van der Waals surface area contributed by atoms with Crippen LogP contribution in [-0.4, -0.2) is 21.4 Å². The van der Waals surface area contributed by atoms with Crippen molar-refractivity contribution in [2.75, 3.05) is 0 Å². The molecule has 2 aromatic rings. The van der Waals surface area contributed by atoms with E-state index >= 15 is 0 Å². The molecular weight excluding hydrogens is 266 g/mol. The maximum absolute atomic E-state index is 12.0. The van der Waals surface area contributed by atoms with Crippen LogP contribution in [0.25, 0.3) is 4.96 Å². The van der Waals surface area contributed by atoms with Crippen molar-refractivity contribution >= 4 is 22.2 Å². The van der Waals surface area contributed by atoms with Gasteiger partial charge in [-0.05, 0) is 12.8 Å². The van der Waals surface area contributed by atoms with E-state index in [-0.39, 0.29) is 17.2 Å². The zero-order valence-electron chi connectivity index (χ0n) is 10.2. The zero-order valence-corrected chi connectivity index (χ0v) is 11.0. The Kier molecular flexibility index (Phi) is 3.31. The number of nitrogens with zero attached hydrogens (tertiary/aromatic N) is 2. The molecule has 0 atom stereocenters. The van der Waals surface area contributed by atoms with Gasteiger partial charge in [-0.1, -0.05) is 12.8 Å². The first-order valence-corrected chi connectivity index (χ1v) is 7.04. The van der Waals surface area contributed by atoms with Gasteiger partial charge in [-0.2, -0.15) is 0 Å². The van der Waals surface area contributed by atoms with Crippen molar-refractivity contribution in [3.8, 4) is 0 Å². The normalized spacial score (nSPS) is 16.0. The van der Waals surface area contributed by atoms with Crippen molar-refractivity contribution in [1.29, 1.82) is 0 Å². The van der Waals surface area contributed by atoms with Crippen LogP contribution in [0.5, 0.6) is 0 Å². The minimum absolute atomic E-state index is 0.00565. The lowest BCUT2D eigenvalue weighted by Gasteiger charge is -2.10. The number of aromatic nitrogens is 2. The molecule has 1 aliphatic rings. The molecule has 1 fully saturated rings. The van der Waals surface area contributed by atoms with E-state index in [0.29, 0.717) is 4.96 Å². The van der Waals surface area contributed by atoms with Gasteiger partial charge in [-0.25, -0.2) is 10.5 Å². The van der Waals surface area contributed by atoms with Crippen LogP contribution >= 0.6 is 11.3 Å². The molecule has 0 bridgehead atoms. The first kappa shape index (κ1) is 12.3. The molecule has 3 rings (SSSR count). The van der Waals surface area contributed by atoms with E-state index in [9.17, 15) is 9.59 Å². The fourth-order valence-corrected chi connectivity index (χ4v) is 2.85. The molecule has 0 spiro atoms. The van der Waals surface area contributed by atoms with Crippen molar-refractivity contribution in [2.45, 2.75) is 31.8 Å². The molecule has 7 heteroatoms. The molecule has 1 N–H and O–H groups in total. The number of nitrogens with one attached hydrogen (secondary N) is 1. The van der Waals surface area contributed by atoms with Crippen molar-refractivity contribution in [2.24, 2.45) is 0 Å². The topological polar surface area (TPSA) is 72.7 Å². The van der Waals surface area contributed by atoms with Gasteiger partial charge in [-0.15, -0.1) is 11.3 Å². The summed E-state index contributed by atoms with van der Waals surface area (Å²) in [4.78, 5) is 33.9. The van der Waals surface area contributed by atoms with E-state index in [0.717, 1.165) is 25.7 Å². The van der Waals surface area contributed by atoms with Gasteiger partial charge >= 0.3 is 0 Å².